The number of nitrogens with two attached hydrogens (primary N) is 1. The summed E-state index contributed by atoms with van der Waals surface area (Å²) in [5.74, 6) is 7.30. The minimum Gasteiger partial charge on any atom is -0.493 e. The van der Waals surface area contributed by atoms with Gasteiger partial charge in [-0.05, 0) is 18.2 Å². The molecule has 1 aromatic carbocycles. The van der Waals surface area contributed by atoms with Gasteiger partial charge in [0.05, 0.1) is 20.8 Å². The molecule has 0 fully saturated rings. The molecule has 8 nitrogen and oxygen atoms in total. The Morgan fingerprint density at radius 1 is 1.32 bits per heavy atom. The van der Waals surface area contributed by atoms with Crippen molar-refractivity contribution in [1.29, 1.82) is 0 Å². The van der Waals surface area contributed by atoms with Crippen LogP contribution in [0.4, 0.5) is 5.95 Å². The van der Waals surface area contributed by atoms with Crippen LogP contribution in [-0.2, 0) is 0 Å². The first-order chi connectivity index (χ1) is 10.6. The van der Waals surface area contributed by atoms with E-state index in [0.29, 0.717) is 29.4 Å². The number of benzene rings is 1. The van der Waals surface area contributed by atoms with Gasteiger partial charge in [-0.25, -0.2) is 10.6 Å². The Kier molecular flexibility index (Phi) is 4.74. The van der Waals surface area contributed by atoms with Gasteiger partial charge in [0.25, 0.3) is 0 Å². The molecule has 0 bridgehead atoms. The standard InChI is InChI=1S/C14H17N5O3/c1-4-7-19(15)13-16-12(17-14(20)18-13)9-5-6-10(21-2)11(8-9)22-3/h4-6,8H,1,7,15H2,2-3H3,(H,16,17,18,20). The highest BCUT2D eigenvalue weighted by Crippen LogP contribution is 2.30. The summed E-state index contributed by atoms with van der Waals surface area (Å²) in [5, 5.41) is 1.23. The monoisotopic (exact) mass is 303 g/mol. The molecule has 1 heterocycles. The molecule has 2 aromatic rings. The second-order valence-electron chi connectivity index (χ2n) is 4.31. The number of aromatic nitrogens is 3. The van der Waals surface area contributed by atoms with E-state index in [4.69, 9.17) is 15.3 Å². The number of nitrogens with one attached hydrogen (secondary N) is 1. The molecule has 0 spiro atoms. The van der Waals surface area contributed by atoms with Gasteiger partial charge in [0, 0.05) is 5.56 Å². The lowest BCUT2D eigenvalue weighted by atomic mass is 10.2. The molecule has 0 aliphatic rings. The van der Waals surface area contributed by atoms with Gasteiger partial charge in [-0.2, -0.15) is 9.97 Å². The lowest BCUT2D eigenvalue weighted by Crippen LogP contribution is -2.34. The summed E-state index contributed by atoms with van der Waals surface area (Å²) in [6.45, 7) is 3.89. The molecular weight excluding hydrogens is 286 g/mol. The molecule has 0 saturated heterocycles. The van der Waals surface area contributed by atoms with Crippen molar-refractivity contribution in [3.63, 3.8) is 0 Å². The molecule has 8 heteroatoms. The summed E-state index contributed by atoms with van der Waals surface area (Å²) in [7, 11) is 3.07. The number of H-pyrrole nitrogens is 1. The maximum atomic E-state index is 11.7. The van der Waals surface area contributed by atoms with Crippen LogP contribution in [-0.4, -0.2) is 35.7 Å². The van der Waals surface area contributed by atoms with Crippen LogP contribution >= 0.6 is 0 Å². The number of aromatic amines is 1. The van der Waals surface area contributed by atoms with Gasteiger partial charge in [0.2, 0.25) is 5.95 Å². The molecule has 0 unspecified atom stereocenters. The van der Waals surface area contributed by atoms with Crippen molar-refractivity contribution in [2.24, 2.45) is 5.84 Å². The fraction of sp³-hybridized carbons (Fsp3) is 0.214. The molecule has 0 aliphatic heterocycles. The van der Waals surface area contributed by atoms with Gasteiger partial charge in [0.1, 0.15) is 5.82 Å². The van der Waals surface area contributed by atoms with E-state index in [0.717, 1.165) is 0 Å². The van der Waals surface area contributed by atoms with E-state index in [1.54, 1.807) is 31.4 Å². The summed E-state index contributed by atoms with van der Waals surface area (Å²) < 4.78 is 10.4. The fourth-order valence-electron chi connectivity index (χ4n) is 1.84. The minimum atomic E-state index is -0.547. The molecule has 116 valence electrons. The van der Waals surface area contributed by atoms with Crippen molar-refractivity contribution in [3.05, 3.63) is 41.3 Å². The highest BCUT2D eigenvalue weighted by Gasteiger charge is 2.11. The van der Waals surface area contributed by atoms with E-state index < -0.39 is 5.69 Å². The lowest BCUT2D eigenvalue weighted by Gasteiger charge is -2.14. The van der Waals surface area contributed by atoms with Crippen molar-refractivity contribution in [1.82, 2.24) is 15.0 Å². The zero-order chi connectivity index (χ0) is 16.1. The molecular formula is C14H17N5O3. The molecule has 0 amide bonds. The van der Waals surface area contributed by atoms with E-state index in [9.17, 15) is 4.79 Å². The Bertz CT molecular complexity index is 729. The Morgan fingerprint density at radius 2 is 2.05 bits per heavy atom. The maximum Gasteiger partial charge on any atom is 0.349 e. The number of anilines is 1. The van der Waals surface area contributed by atoms with Gasteiger partial charge >= 0.3 is 5.69 Å². The maximum absolute atomic E-state index is 11.7. The molecule has 22 heavy (non-hydrogen) atoms. The van der Waals surface area contributed by atoms with Crippen LogP contribution in [0, 0.1) is 0 Å². The predicted octanol–water partition coefficient (Wildman–Crippen LogP) is 0.715. The Hall–Kier alpha value is -2.87. The third-order valence-electron chi connectivity index (χ3n) is 2.88. The summed E-state index contributed by atoms with van der Waals surface area (Å²) >= 11 is 0. The average molecular weight is 303 g/mol. The normalized spacial score (nSPS) is 10.1. The number of nitrogens with zero attached hydrogens (tertiary/aromatic N) is 3. The van der Waals surface area contributed by atoms with Crippen LogP contribution in [0.15, 0.2) is 35.6 Å². The summed E-state index contributed by atoms with van der Waals surface area (Å²) in [6.07, 6.45) is 1.58. The largest absolute Gasteiger partial charge is 0.493 e. The van der Waals surface area contributed by atoms with Crippen molar-refractivity contribution < 1.29 is 9.47 Å². The van der Waals surface area contributed by atoms with Crippen molar-refractivity contribution in [2.45, 2.75) is 0 Å². The zero-order valence-corrected chi connectivity index (χ0v) is 12.4. The van der Waals surface area contributed by atoms with Gasteiger partial charge in [-0.3, -0.25) is 9.99 Å². The van der Waals surface area contributed by atoms with Gasteiger partial charge in [-0.1, -0.05) is 6.08 Å². The minimum absolute atomic E-state index is 0.105. The molecule has 0 saturated carbocycles. The number of methoxy groups -OCH3 is 2. The second kappa shape index (κ2) is 6.72. The molecule has 2 rings (SSSR count). The zero-order valence-electron chi connectivity index (χ0n) is 12.4. The Morgan fingerprint density at radius 3 is 2.68 bits per heavy atom. The van der Waals surface area contributed by atoms with Crippen LogP contribution in [0.3, 0.4) is 0 Å². The van der Waals surface area contributed by atoms with Crippen LogP contribution in [0.5, 0.6) is 11.5 Å². The molecule has 3 N–H and O–H groups in total. The average Bonchev–Trinajstić information content (AvgIpc) is 2.53. The summed E-state index contributed by atoms with van der Waals surface area (Å²) in [5.41, 5.74) is 0.0969. The highest BCUT2D eigenvalue weighted by molar-refractivity contribution is 5.61. The number of rotatable bonds is 6. The first-order valence-electron chi connectivity index (χ1n) is 6.43. The number of ether oxygens (including phenoxy) is 2. The predicted molar refractivity (Wildman–Crippen MR) is 82.9 cm³/mol. The topological polar surface area (TPSA) is 106 Å². The van der Waals surface area contributed by atoms with Crippen molar-refractivity contribution in [3.8, 4) is 22.9 Å². The van der Waals surface area contributed by atoms with Gasteiger partial charge in [0.15, 0.2) is 11.5 Å². The first-order valence-corrected chi connectivity index (χ1v) is 6.43. The van der Waals surface area contributed by atoms with Gasteiger partial charge in [-0.15, -0.1) is 6.58 Å². The highest BCUT2D eigenvalue weighted by atomic mass is 16.5. The van der Waals surface area contributed by atoms with E-state index in [1.807, 2.05) is 0 Å². The number of hydrazine groups is 1. The van der Waals surface area contributed by atoms with Crippen LogP contribution < -0.4 is 26.0 Å². The smallest absolute Gasteiger partial charge is 0.349 e. The SMILES string of the molecule is C=CCN(N)c1nc(-c2ccc(OC)c(OC)c2)[nH]c(=O)n1. The number of hydrogen-bond acceptors (Lipinski definition) is 7. The summed E-state index contributed by atoms with van der Waals surface area (Å²) in [4.78, 5) is 22.2. The van der Waals surface area contributed by atoms with Crippen molar-refractivity contribution >= 4 is 5.95 Å². The third kappa shape index (κ3) is 3.23. The van der Waals surface area contributed by atoms with E-state index in [2.05, 4.69) is 21.5 Å². The molecule has 1 aromatic heterocycles. The third-order valence-corrected chi connectivity index (χ3v) is 2.88. The van der Waals surface area contributed by atoms with Crippen LogP contribution in [0.25, 0.3) is 11.4 Å². The van der Waals surface area contributed by atoms with E-state index in [1.165, 1.54) is 12.1 Å². The van der Waals surface area contributed by atoms with E-state index >= 15 is 0 Å². The summed E-state index contributed by atoms with van der Waals surface area (Å²) in [6, 6.07) is 5.17. The lowest BCUT2D eigenvalue weighted by molar-refractivity contribution is 0.355. The van der Waals surface area contributed by atoms with Crippen molar-refractivity contribution in [2.75, 3.05) is 25.8 Å². The van der Waals surface area contributed by atoms with E-state index in [-0.39, 0.29) is 5.95 Å². The first kappa shape index (κ1) is 15.5. The van der Waals surface area contributed by atoms with Gasteiger partial charge < -0.3 is 9.47 Å². The molecule has 0 atom stereocenters. The Labute approximate surface area is 127 Å². The quantitative estimate of drug-likeness (QED) is 0.460. The molecule has 0 aliphatic carbocycles. The Balaban J connectivity index is 2.48. The van der Waals surface area contributed by atoms with Crippen LogP contribution in [0.1, 0.15) is 0 Å². The molecule has 0 radical (unpaired) electrons. The number of hydrogen-bond donors (Lipinski definition) is 2. The van der Waals surface area contributed by atoms with Crippen LogP contribution in [0.2, 0.25) is 0 Å². The fourth-order valence-corrected chi connectivity index (χ4v) is 1.84. The second-order valence-corrected chi connectivity index (χ2v) is 4.31.